The molecule has 5 nitrogen and oxygen atoms in total. The number of carbonyl (C=O) groups excluding carboxylic acids is 2. The predicted molar refractivity (Wildman–Crippen MR) is 77.9 cm³/mol. The Balaban J connectivity index is 1.70. The van der Waals surface area contributed by atoms with Crippen LogP contribution >= 0.6 is 0 Å². The highest BCUT2D eigenvalue weighted by Crippen LogP contribution is 2.31. The number of carbonyl (C=O) groups is 2. The van der Waals surface area contributed by atoms with Gasteiger partial charge in [0, 0.05) is 32.5 Å². The summed E-state index contributed by atoms with van der Waals surface area (Å²) in [6.45, 7) is 4.64. The Labute approximate surface area is 121 Å². The summed E-state index contributed by atoms with van der Waals surface area (Å²) in [7, 11) is 0. The smallest absolute Gasteiger partial charge is 0.223 e. The van der Waals surface area contributed by atoms with Gasteiger partial charge in [-0.3, -0.25) is 9.59 Å². The second-order valence-electron chi connectivity index (χ2n) is 6.23. The van der Waals surface area contributed by atoms with E-state index in [0.717, 1.165) is 51.7 Å². The molecule has 0 radical (unpaired) electrons. The van der Waals surface area contributed by atoms with Gasteiger partial charge in [-0.2, -0.15) is 0 Å². The van der Waals surface area contributed by atoms with E-state index in [1.807, 2.05) is 4.90 Å². The molecule has 2 aliphatic rings. The van der Waals surface area contributed by atoms with Gasteiger partial charge in [0.1, 0.15) is 0 Å². The number of likely N-dealkylation sites (tertiary alicyclic amines) is 1. The third-order valence-electron chi connectivity index (χ3n) is 4.92. The summed E-state index contributed by atoms with van der Waals surface area (Å²) in [6.07, 6.45) is 5.18. The summed E-state index contributed by atoms with van der Waals surface area (Å²) in [6, 6.07) is 0. The van der Waals surface area contributed by atoms with E-state index in [0.29, 0.717) is 18.4 Å². The summed E-state index contributed by atoms with van der Waals surface area (Å²) in [5.41, 5.74) is 5.73. The van der Waals surface area contributed by atoms with Crippen molar-refractivity contribution in [2.24, 2.45) is 23.5 Å². The maximum atomic E-state index is 12.2. The molecule has 1 aliphatic carbocycles. The Hall–Kier alpha value is -1.10. The highest BCUT2D eigenvalue weighted by atomic mass is 16.2. The molecule has 0 bridgehead atoms. The number of hydrogen-bond acceptors (Lipinski definition) is 3. The third-order valence-corrected chi connectivity index (χ3v) is 4.92. The van der Waals surface area contributed by atoms with E-state index in [1.165, 1.54) is 0 Å². The first-order valence-electron chi connectivity index (χ1n) is 7.85. The summed E-state index contributed by atoms with van der Waals surface area (Å²) < 4.78 is 0. The van der Waals surface area contributed by atoms with Crippen molar-refractivity contribution in [3.63, 3.8) is 0 Å². The van der Waals surface area contributed by atoms with Gasteiger partial charge in [-0.15, -0.1) is 0 Å². The molecule has 5 heteroatoms. The van der Waals surface area contributed by atoms with Crippen LogP contribution in [0.2, 0.25) is 0 Å². The van der Waals surface area contributed by atoms with Crippen LogP contribution in [0.15, 0.2) is 0 Å². The van der Waals surface area contributed by atoms with Crippen LogP contribution in [0.25, 0.3) is 0 Å². The highest BCUT2D eigenvalue weighted by Gasteiger charge is 2.32. The molecule has 0 aromatic rings. The zero-order valence-electron chi connectivity index (χ0n) is 12.4. The van der Waals surface area contributed by atoms with Crippen LogP contribution < -0.4 is 11.1 Å². The van der Waals surface area contributed by atoms with Crippen LogP contribution in [0, 0.1) is 17.8 Å². The molecule has 1 saturated carbocycles. The number of hydrogen-bond donors (Lipinski definition) is 2. The standard InChI is InChI=1S/C15H27N3O2/c1-11(19)18-7-5-12(6-8-18)10-17-15(20)14-4-2-3-13(14)9-16/h12-14H,2-10,16H2,1H3,(H,17,20)/t13-,14-/m1/s1. The van der Waals surface area contributed by atoms with E-state index >= 15 is 0 Å². The van der Waals surface area contributed by atoms with Crippen molar-refractivity contribution in [1.82, 2.24) is 10.2 Å². The lowest BCUT2D eigenvalue weighted by molar-refractivity contribution is -0.130. The molecule has 0 spiro atoms. The van der Waals surface area contributed by atoms with Crippen molar-refractivity contribution in [2.45, 2.75) is 39.0 Å². The first-order chi connectivity index (χ1) is 9.61. The van der Waals surface area contributed by atoms with Gasteiger partial charge in [0.2, 0.25) is 11.8 Å². The van der Waals surface area contributed by atoms with E-state index < -0.39 is 0 Å². The Morgan fingerprint density at radius 3 is 2.50 bits per heavy atom. The number of nitrogens with two attached hydrogens (primary N) is 1. The number of nitrogens with one attached hydrogen (secondary N) is 1. The molecule has 1 heterocycles. The average molecular weight is 281 g/mol. The van der Waals surface area contributed by atoms with Crippen LogP contribution in [0.4, 0.5) is 0 Å². The lowest BCUT2D eigenvalue weighted by Gasteiger charge is -2.31. The fraction of sp³-hybridized carbons (Fsp3) is 0.867. The van der Waals surface area contributed by atoms with Crippen molar-refractivity contribution >= 4 is 11.8 Å². The maximum Gasteiger partial charge on any atom is 0.223 e. The molecule has 0 unspecified atom stereocenters. The van der Waals surface area contributed by atoms with Crippen LogP contribution in [0.1, 0.15) is 39.0 Å². The second-order valence-corrected chi connectivity index (χ2v) is 6.23. The van der Waals surface area contributed by atoms with Gasteiger partial charge in [-0.25, -0.2) is 0 Å². The van der Waals surface area contributed by atoms with Gasteiger partial charge < -0.3 is 16.0 Å². The summed E-state index contributed by atoms with van der Waals surface area (Å²) in [5, 5.41) is 3.10. The quantitative estimate of drug-likeness (QED) is 0.798. The van der Waals surface area contributed by atoms with Gasteiger partial charge in [-0.05, 0) is 44.1 Å². The largest absolute Gasteiger partial charge is 0.356 e. The summed E-state index contributed by atoms with van der Waals surface area (Å²) in [4.78, 5) is 25.3. The average Bonchev–Trinajstić information content (AvgIpc) is 2.93. The molecule has 114 valence electrons. The summed E-state index contributed by atoms with van der Waals surface area (Å²) >= 11 is 0. The van der Waals surface area contributed by atoms with Crippen molar-refractivity contribution in [2.75, 3.05) is 26.2 Å². The number of nitrogens with zero attached hydrogens (tertiary/aromatic N) is 1. The lowest BCUT2D eigenvalue weighted by Crippen LogP contribution is -2.42. The molecular weight excluding hydrogens is 254 g/mol. The first kappa shape index (κ1) is 15.3. The van der Waals surface area contributed by atoms with Gasteiger partial charge in [0.15, 0.2) is 0 Å². The fourth-order valence-corrected chi connectivity index (χ4v) is 3.49. The Morgan fingerprint density at radius 2 is 1.90 bits per heavy atom. The van der Waals surface area contributed by atoms with Crippen molar-refractivity contribution in [3.05, 3.63) is 0 Å². The molecule has 1 aliphatic heterocycles. The van der Waals surface area contributed by atoms with Crippen LogP contribution in [0.5, 0.6) is 0 Å². The molecule has 2 rings (SSSR count). The fourth-order valence-electron chi connectivity index (χ4n) is 3.49. The van der Waals surface area contributed by atoms with E-state index in [9.17, 15) is 9.59 Å². The monoisotopic (exact) mass is 281 g/mol. The van der Waals surface area contributed by atoms with Gasteiger partial charge in [0.25, 0.3) is 0 Å². The normalized spacial score (nSPS) is 27.6. The minimum Gasteiger partial charge on any atom is -0.356 e. The minimum absolute atomic E-state index is 0.123. The highest BCUT2D eigenvalue weighted by molar-refractivity contribution is 5.79. The topological polar surface area (TPSA) is 75.4 Å². The van der Waals surface area contributed by atoms with Crippen LogP contribution in [-0.4, -0.2) is 42.9 Å². The Morgan fingerprint density at radius 1 is 1.20 bits per heavy atom. The zero-order valence-corrected chi connectivity index (χ0v) is 12.4. The van der Waals surface area contributed by atoms with Crippen LogP contribution in [0.3, 0.4) is 0 Å². The van der Waals surface area contributed by atoms with Crippen molar-refractivity contribution in [1.29, 1.82) is 0 Å². The van der Waals surface area contributed by atoms with Gasteiger partial charge >= 0.3 is 0 Å². The van der Waals surface area contributed by atoms with E-state index in [2.05, 4.69) is 5.32 Å². The SMILES string of the molecule is CC(=O)N1CCC(CNC(=O)[C@@H]2CCC[C@@H]2CN)CC1. The molecule has 1 saturated heterocycles. The molecule has 20 heavy (non-hydrogen) atoms. The maximum absolute atomic E-state index is 12.2. The number of rotatable bonds is 4. The number of amides is 2. The Bertz CT molecular complexity index is 351. The van der Waals surface area contributed by atoms with E-state index in [1.54, 1.807) is 6.92 Å². The first-order valence-corrected chi connectivity index (χ1v) is 7.85. The lowest BCUT2D eigenvalue weighted by atomic mass is 9.93. The molecule has 2 fully saturated rings. The van der Waals surface area contributed by atoms with Gasteiger partial charge in [0.05, 0.1) is 0 Å². The summed E-state index contributed by atoms with van der Waals surface area (Å²) in [5.74, 6) is 1.34. The van der Waals surface area contributed by atoms with E-state index in [-0.39, 0.29) is 17.7 Å². The zero-order chi connectivity index (χ0) is 14.5. The van der Waals surface area contributed by atoms with Crippen molar-refractivity contribution < 1.29 is 9.59 Å². The minimum atomic E-state index is 0.123. The number of piperidine rings is 1. The molecule has 0 aromatic heterocycles. The Kier molecular flexibility index (Phi) is 5.40. The molecule has 0 aromatic carbocycles. The van der Waals surface area contributed by atoms with Gasteiger partial charge in [-0.1, -0.05) is 6.42 Å². The van der Waals surface area contributed by atoms with Crippen molar-refractivity contribution in [3.8, 4) is 0 Å². The molecular formula is C15H27N3O2. The molecule has 2 atom stereocenters. The van der Waals surface area contributed by atoms with Crippen LogP contribution in [-0.2, 0) is 9.59 Å². The molecule has 3 N–H and O–H groups in total. The van der Waals surface area contributed by atoms with E-state index in [4.69, 9.17) is 5.73 Å². The predicted octanol–water partition coefficient (Wildman–Crippen LogP) is 0.736. The second kappa shape index (κ2) is 7.07. The molecule has 2 amide bonds. The third kappa shape index (κ3) is 3.72.